The molecule has 4 aliphatic rings. The molecule has 1 saturated carbocycles. The van der Waals surface area contributed by atoms with Crippen molar-refractivity contribution < 1.29 is 23.2 Å². The van der Waals surface area contributed by atoms with Crippen molar-refractivity contribution in [2.75, 3.05) is 22.1 Å². The molecule has 2 N–H and O–H groups in total. The molecular formula is C23H24F2N6O3S. The Bertz CT molecular complexity index is 1230. The summed E-state index contributed by atoms with van der Waals surface area (Å²) in [7, 11) is 0. The fraction of sp³-hybridized carbons (Fsp3) is 0.478. The van der Waals surface area contributed by atoms with Gasteiger partial charge >= 0.3 is 6.03 Å². The number of hydrogen-bond acceptors (Lipinski definition) is 6. The lowest BCUT2D eigenvalue weighted by Crippen LogP contribution is -2.40. The molecule has 0 bridgehead atoms. The van der Waals surface area contributed by atoms with E-state index in [2.05, 4.69) is 4.98 Å². The molecule has 3 aliphatic heterocycles. The van der Waals surface area contributed by atoms with Gasteiger partial charge in [-0.3, -0.25) is 19.4 Å². The summed E-state index contributed by atoms with van der Waals surface area (Å²) in [6, 6.07) is 2.59. The van der Waals surface area contributed by atoms with E-state index in [-0.39, 0.29) is 23.8 Å². The fourth-order valence-electron chi connectivity index (χ4n) is 5.23. The quantitative estimate of drug-likeness (QED) is 0.631. The van der Waals surface area contributed by atoms with Crippen LogP contribution in [0.25, 0.3) is 11.4 Å². The van der Waals surface area contributed by atoms with Gasteiger partial charge in [0.1, 0.15) is 11.9 Å². The van der Waals surface area contributed by atoms with Crippen molar-refractivity contribution in [3.8, 4) is 11.4 Å². The number of imide groups is 1. The Morgan fingerprint density at radius 2 is 1.94 bits per heavy atom. The lowest BCUT2D eigenvalue weighted by atomic mass is 10.1. The predicted molar refractivity (Wildman–Crippen MR) is 125 cm³/mol. The van der Waals surface area contributed by atoms with Crippen molar-refractivity contribution in [2.45, 2.75) is 61.7 Å². The first kappa shape index (κ1) is 22.3. The molecule has 2 aromatic rings. The number of carbonyl (C=O) groups is 3. The molecule has 4 amide bonds. The topological polar surface area (TPSA) is 105 Å². The van der Waals surface area contributed by atoms with E-state index in [1.54, 1.807) is 18.0 Å². The summed E-state index contributed by atoms with van der Waals surface area (Å²) in [6.45, 7) is 1.31. The van der Waals surface area contributed by atoms with Crippen molar-refractivity contribution in [3.63, 3.8) is 0 Å². The van der Waals surface area contributed by atoms with Crippen molar-refractivity contribution in [1.82, 2.24) is 14.5 Å². The molecule has 4 heterocycles. The summed E-state index contributed by atoms with van der Waals surface area (Å²) in [4.78, 5) is 46.9. The van der Waals surface area contributed by atoms with E-state index in [0.29, 0.717) is 31.0 Å². The van der Waals surface area contributed by atoms with E-state index < -0.39 is 24.4 Å². The minimum absolute atomic E-state index is 0.0575. The molecule has 6 rings (SSSR count). The van der Waals surface area contributed by atoms with Crippen molar-refractivity contribution in [2.24, 2.45) is 5.73 Å². The Balaban J connectivity index is 1.37. The summed E-state index contributed by atoms with van der Waals surface area (Å²) < 4.78 is 29.7. The zero-order valence-corrected chi connectivity index (χ0v) is 19.6. The minimum atomic E-state index is -3.01. The normalized spacial score (nSPS) is 24.3. The number of thioether (sulfide) groups is 1. The van der Waals surface area contributed by atoms with Crippen LogP contribution in [0.15, 0.2) is 29.3 Å². The largest absolute Gasteiger partial charge is 0.368 e. The number of urea groups is 1. The second-order valence-corrected chi connectivity index (χ2v) is 10.4. The molecule has 1 aromatic heterocycles. The number of hydrogen-bond donors (Lipinski definition) is 1. The van der Waals surface area contributed by atoms with Gasteiger partial charge in [-0.15, -0.1) is 11.8 Å². The molecule has 35 heavy (non-hydrogen) atoms. The number of nitrogens with zero attached hydrogens (tertiary/aromatic N) is 5. The van der Waals surface area contributed by atoms with Crippen molar-refractivity contribution in [3.05, 3.63) is 24.4 Å². The minimum Gasteiger partial charge on any atom is -0.368 e. The van der Waals surface area contributed by atoms with Gasteiger partial charge in [-0.2, -0.15) is 0 Å². The van der Waals surface area contributed by atoms with E-state index in [1.165, 1.54) is 0 Å². The Hall–Kier alpha value is -3.15. The molecule has 1 aliphatic carbocycles. The molecular weight excluding hydrogens is 478 g/mol. The molecule has 3 fully saturated rings. The highest BCUT2D eigenvalue weighted by Gasteiger charge is 2.55. The SMILES string of the molecule is NC(=O)[C@@H]1CCCN1c1ccc2c(c1)SCCn1cc(N3C(=O)N(C4CC4)C(=O)C3C(F)F)nc1-2. The van der Waals surface area contributed by atoms with Crippen LogP contribution in [0.5, 0.6) is 0 Å². The molecule has 2 atom stereocenters. The van der Waals surface area contributed by atoms with E-state index >= 15 is 0 Å². The molecule has 0 spiro atoms. The number of halogens is 2. The van der Waals surface area contributed by atoms with Gasteiger partial charge in [0, 0.05) is 47.2 Å². The number of primary amides is 1. The number of anilines is 2. The zero-order chi connectivity index (χ0) is 24.4. The number of carbonyl (C=O) groups excluding carboxylic acids is 3. The van der Waals surface area contributed by atoms with Gasteiger partial charge in [0.2, 0.25) is 5.91 Å². The first-order valence-electron chi connectivity index (χ1n) is 11.7. The molecule has 1 aromatic carbocycles. The molecule has 9 nitrogen and oxygen atoms in total. The highest BCUT2D eigenvalue weighted by molar-refractivity contribution is 7.99. The van der Waals surface area contributed by atoms with Crippen LogP contribution in [0, 0.1) is 0 Å². The zero-order valence-electron chi connectivity index (χ0n) is 18.8. The first-order chi connectivity index (χ1) is 16.8. The Labute approximate surface area is 204 Å². The van der Waals surface area contributed by atoms with Crippen LogP contribution < -0.4 is 15.5 Å². The van der Waals surface area contributed by atoms with Crippen molar-refractivity contribution >= 4 is 41.1 Å². The molecule has 2 saturated heterocycles. The maximum atomic E-state index is 13.9. The van der Waals surface area contributed by atoms with Gasteiger partial charge in [-0.25, -0.2) is 18.6 Å². The average Bonchev–Trinajstić information content (AvgIpc) is 3.31. The van der Waals surface area contributed by atoms with Crippen LogP contribution in [-0.4, -0.2) is 69.1 Å². The second kappa shape index (κ2) is 8.21. The van der Waals surface area contributed by atoms with Gasteiger partial charge in [0.15, 0.2) is 11.9 Å². The van der Waals surface area contributed by atoms with E-state index in [9.17, 15) is 23.2 Å². The van der Waals surface area contributed by atoms with Gasteiger partial charge < -0.3 is 15.2 Å². The average molecular weight is 503 g/mol. The summed E-state index contributed by atoms with van der Waals surface area (Å²) in [5.41, 5.74) is 7.29. The smallest absolute Gasteiger partial charge is 0.333 e. The van der Waals surface area contributed by atoms with Gasteiger partial charge in [0.25, 0.3) is 12.3 Å². The lowest BCUT2D eigenvalue weighted by molar-refractivity contribution is -0.130. The Morgan fingerprint density at radius 3 is 2.66 bits per heavy atom. The third kappa shape index (κ3) is 3.57. The molecule has 0 radical (unpaired) electrons. The summed E-state index contributed by atoms with van der Waals surface area (Å²) in [5.74, 6) is 0.118. The maximum Gasteiger partial charge on any atom is 0.333 e. The van der Waals surface area contributed by atoms with Crippen LogP contribution in [0.3, 0.4) is 0 Å². The number of imidazole rings is 1. The van der Waals surface area contributed by atoms with E-state index in [1.807, 2.05) is 27.7 Å². The van der Waals surface area contributed by atoms with Crippen LogP contribution >= 0.6 is 11.8 Å². The highest BCUT2D eigenvalue weighted by Crippen LogP contribution is 2.41. The third-order valence-corrected chi connectivity index (χ3v) is 8.09. The van der Waals surface area contributed by atoms with Gasteiger partial charge in [-0.05, 0) is 43.9 Å². The van der Waals surface area contributed by atoms with E-state index in [0.717, 1.165) is 45.3 Å². The van der Waals surface area contributed by atoms with Crippen LogP contribution in [0.4, 0.5) is 25.1 Å². The number of amides is 4. The molecule has 1 unspecified atom stereocenters. The maximum absolute atomic E-state index is 13.9. The fourth-order valence-corrected chi connectivity index (χ4v) is 6.26. The van der Waals surface area contributed by atoms with Crippen LogP contribution in [0.1, 0.15) is 25.7 Å². The number of nitrogens with two attached hydrogens (primary N) is 1. The highest BCUT2D eigenvalue weighted by atomic mass is 32.2. The summed E-state index contributed by atoms with van der Waals surface area (Å²) >= 11 is 1.64. The number of benzene rings is 1. The summed E-state index contributed by atoms with van der Waals surface area (Å²) in [5, 5.41) is 0. The Morgan fingerprint density at radius 1 is 1.14 bits per heavy atom. The number of rotatable bonds is 5. The lowest BCUT2D eigenvalue weighted by Gasteiger charge is -2.25. The number of aromatic nitrogens is 2. The standard InChI is InChI=1S/C23H24F2N6O3S/c24-19(25)18-22(33)30(12-3-4-12)23(34)31(18)17-11-28-8-9-35-16-10-13(5-6-14(16)21(28)27-17)29-7-1-2-15(29)20(26)32/h5-6,10-12,15,18-19H,1-4,7-9H2,(H2,26,32)/t15-,18?/m0/s1. The van der Waals surface area contributed by atoms with Crippen molar-refractivity contribution in [1.29, 1.82) is 0 Å². The van der Waals surface area contributed by atoms with Crippen LogP contribution in [-0.2, 0) is 16.1 Å². The van der Waals surface area contributed by atoms with E-state index in [4.69, 9.17) is 5.73 Å². The first-order valence-corrected chi connectivity index (χ1v) is 12.7. The van der Waals surface area contributed by atoms with Gasteiger partial charge in [0.05, 0.1) is 0 Å². The van der Waals surface area contributed by atoms with Crippen LogP contribution in [0.2, 0.25) is 0 Å². The number of alkyl halides is 2. The number of fused-ring (bicyclic) bond motifs is 3. The predicted octanol–water partition coefficient (Wildman–Crippen LogP) is 2.67. The van der Waals surface area contributed by atoms with Gasteiger partial charge in [-0.1, -0.05) is 0 Å². The number of aryl methyl sites for hydroxylation is 1. The monoisotopic (exact) mass is 502 g/mol. The Kier molecular flexibility index (Phi) is 5.24. The third-order valence-electron chi connectivity index (χ3n) is 7.05. The summed E-state index contributed by atoms with van der Waals surface area (Å²) in [6.07, 6.45) is 1.46. The second-order valence-electron chi connectivity index (χ2n) is 9.27. The molecule has 184 valence electrons. The molecule has 12 heteroatoms.